The number of aliphatic hydroxyl groups excluding tert-OH is 2. The van der Waals surface area contributed by atoms with Gasteiger partial charge in [0, 0.05) is 28.6 Å². The highest BCUT2D eigenvalue weighted by molar-refractivity contribution is 7.99. The number of halogens is 4. The fraction of sp³-hybridized carbons (Fsp3) is 0.483. The number of piperidine rings is 1. The molecule has 0 amide bonds. The van der Waals surface area contributed by atoms with Crippen molar-refractivity contribution in [2.75, 3.05) is 39.1 Å². The molecular weight excluding hydrogens is 549 g/mol. The van der Waals surface area contributed by atoms with Gasteiger partial charge < -0.3 is 19.8 Å². The molecule has 212 valence electrons. The lowest BCUT2D eigenvalue weighted by Crippen LogP contribution is -2.42. The number of pyridine rings is 1. The molecular formula is C29H34ClF3N2O3S. The Morgan fingerprint density at radius 1 is 1.18 bits per heavy atom. The van der Waals surface area contributed by atoms with Gasteiger partial charge in [0.15, 0.2) is 0 Å². The van der Waals surface area contributed by atoms with Gasteiger partial charge in [0.1, 0.15) is 5.75 Å². The van der Waals surface area contributed by atoms with E-state index in [-0.39, 0.29) is 12.0 Å². The van der Waals surface area contributed by atoms with E-state index in [1.54, 1.807) is 19.4 Å². The minimum atomic E-state index is -4.33. The van der Waals surface area contributed by atoms with Gasteiger partial charge in [0.05, 0.1) is 29.3 Å². The summed E-state index contributed by atoms with van der Waals surface area (Å²) in [6.07, 6.45) is 0.0442. The molecule has 1 atom stereocenters. The minimum absolute atomic E-state index is 0.0532. The highest BCUT2D eigenvalue weighted by Gasteiger charge is 2.35. The third-order valence-electron chi connectivity index (χ3n) is 7.65. The Kier molecular flexibility index (Phi) is 10.0. The molecule has 0 spiro atoms. The van der Waals surface area contributed by atoms with Gasteiger partial charge >= 0.3 is 6.18 Å². The van der Waals surface area contributed by atoms with Crippen molar-refractivity contribution >= 4 is 34.3 Å². The van der Waals surface area contributed by atoms with Gasteiger partial charge in [0.2, 0.25) is 0 Å². The highest BCUT2D eigenvalue weighted by Crippen LogP contribution is 2.40. The molecule has 1 saturated heterocycles. The number of nitrogens with zero attached hydrogens (tertiary/aromatic N) is 2. The molecule has 1 aliphatic rings. The summed E-state index contributed by atoms with van der Waals surface area (Å²) in [6.45, 7) is 2.58. The van der Waals surface area contributed by atoms with Crippen LogP contribution in [0, 0.1) is 5.41 Å². The number of rotatable bonds is 11. The number of aliphatic hydroxyl groups is 2. The lowest BCUT2D eigenvalue weighted by molar-refractivity contribution is -0.137. The largest absolute Gasteiger partial charge is 0.497 e. The van der Waals surface area contributed by atoms with E-state index in [1.165, 1.54) is 23.9 Å². The van der Waals surface area contributed by atoms with Gasteiger partial charge in [-0.15, -0.1) is 11.8 Å². The lowest BCUT2D eigenvalue weighted by Gasteiger charge is -2.41. The van der Waals surface area contributed by atoms with E-state index in [4.69, 9.17) is 16.3 Å². The summed E-state index contributed by atoms with van der Waals surface area (Å²) in [7, 11) is 1.59. The molecule has 0 saturated carbocycles. The molecule has 0 radical (unpaired) electrons. The second-order valence-electron chi connectivity index (χ2n) is 10.2. The number of benzene rings is 2. The Balaban J connectivity index is 1.27. The Morgan fingerprint density at radius 3 is 2.64 bits per heavy atom. The molecule has 4 rings (SSSR count). The van der Waals surface area contributed by atoms with E-state index in [1.807, 2.05) is 18.2 Å². The molecule has 2 heterocycles. The summed E-state index contributed by atoms with van der Waals surface area (Å²) >= 11 is 7.90. The third kappa shape index (κ3) is 7.58. The van der Waals surface area contributed by atoms with E-state index in [0.717, 1.165) is 61.6 Å². The van der Waals surface area contributed by atoms with Gasteiger partial charge in [-0.25, -0.2) is 0 Å². The predicted molar refractivity (Wildman–Crippen MR) is 149 cm³/mol. The molecule has 3 aromatic rings. The van der Waals surface area contributed by atoms with Gasteiger partial charge in [0.25, 0.3) is 0 Å². The molecule has 1 fully saturated rings. The number of likely N-dealkylation sites (tertiary alicyclic amines) is 1. The molecule has 10 heteroatoms. The number of ether oxygens (including phenoxy) is 1. The first-order valence-corrected chi connectivity index (χ1v) is 14.4. The van der Waals surface area contributed by atoms with E-state index < -0.39 is 17.8 Å². The topological polar surface area (TPSA) is 65.8 Å². The van der Waals surface area contributed by atoms with Crippen LogP contribution < -0.4 is 4.74 Å². The third-order valence-corrected chi connectivity index (χ3v) is 9.03. The maximum absolute atomic E-state index is 12.9. The first-order chi connectivity index (χ1) is 18.6. The summed E-state index contributed by atoms with van der Waals surface area (Å²) in [5.41, 5.74) is 0.472. The number of thioether (sulfide) groups is 1. The average molecular weight is 583 g/mol. The summed E-state index contributed by atoms with van der Waals surface area (Å²) in [6, 6.07) is 10.9. The number of aromatic nitrogens is 1. The lowest BCUT2D eigenvalue weighted by atomic mass is 9.74. The van der Waals surface area contributed by atoms with Crippen LogP contribution in [0.1, 0.15) is 49.3 Å². The smallest absolute Gasteiger partial charge is 0.416 e. The van der Waals surface area contributed by atoms with Crippen molar-refractivity contribution in [2.45, 2.75) is 49.3 Å². The quantitative estimate of drug-likeness (QED) is 0.188. The van der Waals surface area contributed by atoms with E-state index in [9.17, 15) is 23.4 Å². The van der Waals surface area contributed by atoms with Crippen LogP contribution in [0.4, 0.5) is 13.2 Å². The summed E-state index contributed by atoms with van der Waals surface area (Å²) < 4.78 is 44.1. The van der Waals surface area contributed by atoms with Crippen LogP contribution in [-0.2, 0) is 6.18 Å². The normalized spacial score (nSPS) is 16.9. The molecule has 2 N–H and O–H groups in total. The SMILES string of the molecule is COc1ccc2ncc(Cl)c([C@@H](O)CCC3(CO)CCN(CCCSc4cccc(C(F)(F)F)c4)CC3)c2c1. The fourth-order valence-corrected chi connectivity index (χ4v) is 6.37. The van der Waals surface area contributed by atoms with Gasteiger partial charge in [-0.1, -0.05) is 17.7 Å². The fourth-order valence-electron chi connectivity index (χ4n) is 5.20. The minimum Gasteiger partial charge on any atom is -0.497 e. The van der Waals surface area contributed by atoms with Gasteiger partial charge in [-0.05, 0) is 99.3 Å². The molecule has 0 aliphatic carbocycles. The van der Waals surface area contributed by atoms with Crippen molar-refractivity contribution in [3.05, 3.63) is 64.8 Å². The average Bonchev–Trinajstić information content (AvgIpc) is 2.94. The molecule has 39 heavy (non-hydrogen) atoms. The Hall–Kier alpha value is -2.04. The second kappa shape index (κ2) is 13.1. The maximum atomic E-state index is 12.9. The molecule has 5 nitrogen and oxygen atoms in total. The summed E-state index contributed by atoms with van der Waals surface area (Å²) in [5.74, 6) is 1.40. The standard InChI is InChI=1S/C29H34ClF3N2O3S/c1-38-21-6-7-25-23(17-21)27(24(30)18-34-25)26(37)8-9-28(19-36)10-13-35(14-11-28)12-3-15-39-22-5-2-4-20(16-22)29(31,32)33/h2,4-7,16-18,26,36-37H,3,8-15,19H2,1H3/t26-/m0/s1. The van der Waals surface area contributed by atoms with E-state index in [0.29, 0.717) is 34.1 Å². The van der Waals surface area contributed by atoms with Crippen molar-refractivity contribution < 1.29 is 28.1 Å². The zero-order valence-electron chi connectivity index (χ0n) is 21.9. The van der Waals surface area contributed by atoms with E-state index >= 15 is 0 Å². The molecule has 2 aromatic carbocycles. The van der Waals surface area contributed by atoms with E-state index in [2.05, 4.69) is 9.88 Å². The first kappa shape index (κ1) is 29.9. The van der Waals surface area contributed by atoms with Crippen LogP contribution in [0.15, 0.2) is 53.6 Å². The first-order valence-electron chi connectivity index (χ1n) is 13.1. The number of hydrogen-bond donors (Lipinski definition) is 2. The van der Waals surface area contributed by atoms with Crippen LogP contribution in [0.5, 0.6) is 5.75 Å². The monoisotopic (exact) mass is 582 g/mol. The zero-order valence-corrected chi connectivity index (χ0v) is 23.5. The Labute approximate surface area is 236 Å². The van der Waals surface area contributed by atoms with Crippen molar-refractivity contribution in [1.82, 2.24) is 9.88 Å². The number of alkyl halides is 3. The van der Waals surface area contributed by atoms with Gasteiger partial charge in [-0.2, -0.15) is 13.2 Å². The van der Waals surface area contributed by atoms with Crippen LogP contribution in [-0.4, -0.2) is 59.2 Å². The van der Waals surface area contributed by atoms with Crippen molar-refractivity contribution in [2.24, 2.45) is 5.41 Å². The summed E-state index contributed by atoms with van der Waals surface area (Å²) in [5, 5.41) is 22.6. The Morgan fingerprint density at radius 2 is 1.95 bits per heavy atom. The van der Waals surface area contributed by atoms with Crippen molar-refractivity contribution in [1.29, 1.82) is 0 Å². The maximum Gasteiger partial charge on any atom is 0.416 e. The number of hydrogen-bond acceptors (Lipinski definition) is 6. The van der Waals surface area contributed by atoms with Gasteiger partial charge in [-0.3, -0.25) is 4.98 Å². The van der Waals surface area contributed by atoms with Crippen molar-refractivity contribution in [3.63, 3.8) is 0 Å². The van der Waals surface area contributed by atoms with Crippen LogP contribution in [0.3, 0.4) is 0 Å². The second-order valence-corrected chi connectivity index (χ2v) is 11.8. The van der Waals surface area contributed by atoms with Crippen molar-refractivity contribution in [3.8, 4) is 5.75 Å². The van der Waals surface area contributed by atoms with Crippen LogP contribution in [0.2, 0.25) is 5.02 Å². The Bertz CT molecular complexity index is 1250. The zero-order chi connectivity index (χ0) is 28.0. The molecule has 1 aromatic heterocycles. The molecule has 0 bridgehead atoms. The highest BCUT2D eigenvalue weighted by atomic mass is 35.5. The molecule has 1 aliphatic heterocycles. The van der Waals surface area contributed by atoms with Crippen LogP contribution >= 0.6 is 23.4 Å². The number of methoxy groups -OCH3 is 1. The number of fused-ring (bicyclic) bond motifs is 1. The van der Waals surface area contributed by atoms with Crippen LogP contribution in [0.25, 0.3) is 10.9 Å². The summed E-state index contributed by atoms with van der Waals surface area (Å²) in [4.78, 5) is 7.33. The predicted octanol–water partition coefficient (Wildman–Crippen LogP) is 6.99. The molecule has 0 unspecified atom stereocenters.